The van der Waals surface area contributed by atoms with Crippen LogP contribution in [0.15, 0.2) is 0 Å². The van der Waals surface area contributed by atoms with Gasteiger partial charge in [-0.1, -0.05) is 6.92 Å². The van der Waals surface area contributed by atoms with Crippen LogP contribution < -0.4 is 5.32 Å². The molecule has 0 heterocycles. The Morgan fingerprint density at radius 1 is 1.14 bits per heavy atom. The molecule has 0 aromatic carbocycles. The van der Waals surface area contributed by atoms with Gasteiger partial charge in [0.1, 0.15) is 9.84 Å². The molecular formula is C9H20ClNO2S. The summed E-state index contributed by atoms with van der Waals surface area (Å²) in [4.78, 5) is 0. The molecule has 0 rings (SSSR count). The molecule has 0 saturated carbocycles. The lowest BCUT2D eigenvalue weighted by molar-refractivity contribution is 0.587. The molecule has 0 aliphatic rings. The number of halogens is 1. The Balaban J connectivity index is 3.22. The highest BCUT2D eigenvalue weighted by molar-refractivity contribution is 7.91. The summed E-state index contributed by atoms with van der Waals surface area (Å²) in [7, 11) is -2.78. The van der Waals surface area contributed by atoms with E-state index < -0.39 is 9.84 Å². The summed E-state index contributed by atoms with van der Waals surface area (Å²) in [5.41, 5.74) is 0. The molecular weight excluding hydrogens is 222 g/mol. The smallest absolute Gasteiger partial charge is 0.150 e. The van der Waals surface area contributed by atoms with Crippen molar-refractivity contribution in [1.82, 2.24) is 5.32 Å². The fraction of sp³-hybridized carbons (Fsp3) is 1.00. The summed E-state index contributed by atoms with van der Waals surface area (Å²) < 4.78 is 22.2. The van der Waals surface area contributed by atoms with Gasteiger partial charge < -0.3 is 5.32 Å². The average molecular weight is 242 g/mol. The molecule has 0 unspecified atom stereocenters. The van der Waals surface area contributed by atoms with Gasteiger partial charge in [0.25, 0.3) is 0 Å². The third kappa shape index (κ3) is 8.78. The Morgan fingerprint density at radius 2 is 1.79 bits per heavy atom. The number of hydrogen-bond acceptors (Lipinski definition) is 3. The molecule has 0 saturated heterocycles. The van der Waals surface area contributed by atoms with E-state index in [4.69, 9.17) is 11.6 Å². The summed E-state index contributed by atoms with van der Waals surface area (Å²) in [5, 5.41) is 3.19. The van der Waals surface area contributed by atoms with Crippen molar-refractivity contribution in [2.75, 3.05) is 30.5 Å². The Bertz CT molecular complexity index is 217. The van der Waals surface area contributed by atoms with Gasteiger partial charge in [-0.15, -0.1) is 11.6 Å². The van der Waals surface area contributed by atoms with Gasteiger partial charge in [-0.05, 0) is 32.4 Å². The fourth-order valence-corrected chi connectivity index (χ4v) is 2.09. The second-order valence-corrected chi connectivity index (χ2v) is 6.09. The quantitative estimate of drug-likeness (QED) is 0.491. The molecule has 0 atom stereocenters. The fourth-order valence-electron chi connectivity index (χ4n) is 1.03. The average Bonchev–Trinajstić information content (AvgIpc) is 2.16. The first-order chi connectivity index (χ1) is 6.62. The lowest BCUT2D eigenvalue weighted by atomic mass is 10.3. The largest absolute Gasteiger partial charge is 0.317 e. The topological polar surface area (TPSA) is 46.2 Å². The van der Waals surface area contributed by atoms with Crippen molar-refractivity contribution in [2.45, 2.75) is 26.2 Å². The molecule has 86 valence electrons. The van der Waals surface area contributed by atoms with E-state index in [0.717, 1.165) is 25.9 Å². The van der Waals surface area contributed by atoms with Crippen molar-refractivity contribution in [3.8, 4) is 0 Å². The molecule has 14 heavy (non-hydrogen) atoms. The predicted octanol–water partition coefficient (Wildman–Crippen LogP) is 1.42. The molecule has 0 aliphatic heterocycles. The van der Waals surface area contributed by atoms with Gasteiger partial charge in [0.2, 0.25) is 0 Å². The van der Waals surface area contributed by atoms with Crippen LogP contribution in [0, 0.1) is 0 Å². The summed E-state index contributed by atoms with van der Waals surface area (Å²) in [6.45, 7) is 3.39. The first kappa shape index (κ1) is 14.2. The van der Waals surface area contributed by atoms with E-state index in [0.29, 0.717) is 18.1 Å². The van der Waals surface area contributed by atoms with Crippen molar-refractivity contribution in [1.29, 1.82) is 0 Å². The van der Waals surface area contributed by atoms with Crippen molar-refractivity contribution < 1.29 is 8.42 Å². The Morgan fingerprint density at radius 3 is 2.36 bits per heavy atom. The highest BCUT2D eigenvalue weighted by Crippen LogP contribution is 1.93. The van der Waals surface area contributed by atoms with Crippen LogP contribution in [0.2, 0.25) is 0 Å². The van der Waals surface area contributed by atoms with E-state index in [1.807, 2.05) is 0 Å². The van der Waals surface area contributed by atoms with E-state index in [-0.39, 0.29) is 5.75 Å². The van der Waals surface area contributed by atoms with Gasteiger partial charge in [0.05, 0.1) is 5.75 Å². The molecule has 0 aliphatic carbocycles. The Kier molecular flexibility index (Phi) is 8.63. The minimum Gasteiger partial charge on any atom is -0.317 e. The van der Waals surface area contributed by atoms with Crippen LogP contribution in [0.4, 0.5) is 0 Å². The summed E-state index contributed by atoms with van der Waals surface area (Å²) in [5.74, 6) is 1.25. The van der Waals surface area contributed by atoms with E-state index in [1.54, 1.807) is 6.92 Å². The van der Waals surface area contributed by atoms with E-state index >= 15 is 0 Å². The molecule has 0 radical (unpaired) electrons. The molecule has 3 nitrogen and oxygen atoms in total. The zero-order valence-electron chi connectivity index (χ0n) is 8.76. The molecule has 0 aromatic heterocycles. The van der Waals surface area contributed by atoms with Gasteiger partial charge in [0.15, 0.2) is 0 Å². The zero-order chi connectivity index (χ0) is 10.9. The van der Waals surface area contributed by atoms with Crippen LogP contribution in [-0.2, 0) is 9.84 Å². The molecule has 0 aromatic rings. The monoisotopic (exact) mass is 241 g/mol. The van der Waals surface area contributed by atoms with Gasteiger partial charge in [-0.3, -0.25) is 0 Å². The number of nitrogens with one attached hydrogen (secondary N) is 1. The lowest BCUT2D eigenvalue weighted by Crippen LogP contribution is -2.20. The normalized spacial score (nSPS) is 11.9. The Labute approximate surface area is 92.1 Å². The maximum atomic E-state index is 11.1. The minimum absolute atomic E-state index is 0.249. The van der Waals surface area contributed by atoms with Crippen molar-refractivity contribution in [2.24, 2.45) is 0 Å². The van der Waals surface area contributed by atoms with Crippen molar-refractivity contribution in [3.05, 3.63) is 0 Å². The van der Waals surface area contributed by atoms with Crippen LogP contribution in [-0.4, -0.2) is 38.9 Å². The van der Waals surface area contributed by atoms with E-state index in [1.165, 1.54) is 0 Å². The number of hydrogen-bond donors (Lipinski definition) is 1. The first-order valence-corrected chi connectivity index (χ1v) is 7.45. The number of sulfone groups is 1. The second-order valence-electron chi connectivity index (χ2n) is 3.24. The van der Waals surface area contributed by atoms with Gasteiger partial charge >= 0.3 is 0 Å². The van der Waals surface area contributed by atoms with Crippen LogP contribution in [0.3, 0.4) is 0 Å². The predicted molar refractivity (Wildman–Crippen MR) is 61.8 cm³/mol. The number of alkyl halides is 1. The molecule has 0 bridgehead atoms. The number of rotatable bonds is 9. The van der Waals surface area contributed by atoms with Crippen molar-refractivity contribution >= 4 is 21.4 Å². The Hall–Kier alpha value is 0.200. The second kappa shape index (κ2) is 8.50. The first-order valence-electron chi connectivity index (χ1n) is 5.09. The zero-order valence-corrected chi connectivity index (χ0v) is 10.3. The summed E-state index contributed by atoms with van der Waals surface area (Å²) in [6.07, 6.45) is 2.78. The molecule has 0 amide bonds. The van der Waals surface area contributed by atoms with Gasteiger partial charge in [-0.2, -0.15) is 0 Å². The molecule has 1 N–H and O–H groups in total. The van der Waals surface area contributed by atoms with Crippen LogP contribution in [0.1, 0.15) is 26.2 Å². The molecule has 5 heteroatoms. The summed E-state index contributed by atoms with van der Waals surface area (Å²) >= 11 is 5.51. The highest BCUT2D eigenvalue weighted by atomic mass is 35.5. The maximum absolute atomic E-state index is 11.1. The number of unbranched alkanes of at least 4 members (excludes halogenated alkanes) is 1. The third-order valence-electron chi connectivity index (χ3n) is 1.99. The maximum Gasteiger partial charge on any atom is 0.150 e. The lowest BCUT2D eigenvalue weighted by Gasteiger charge is -2.03. The summed E-state index contributed by atoms with van der Waals surface area (Å²) in [6, 6.07) is 0. The minimum atomic E-state index is -2.78. The standard InChI is InChI=1S/C9H20ClNO2S/c1-2-14(12,13)9-5-8-11-7-4-3-6-10/h11H,2-9H2,1H3. The molecule has 0 fully saturated rings. The van der Waals surface area contributed by atoms with Crippen LogP contribution >= 0.6 is 11.6 Å². The van der Waals surface area contributed by atoms with Crippen LogP contribution in [0.5, 0.6) is 0 Å². The third-order valence-corrected chi connectivity index (χ3v) is 4.04. The van der Waals surface area contributed by atoms with E-state index in [9.17, 15) is 8.42 Å². The van der Waals surface area contributed by atoms with Crippen molar-refractivity contribution in [3.63, 3.8) is 0 Å². The highest BCUT2D eigenvalue weighted by Gasteiger charge is 2.05. The van der Waals surface area contributed by atoms with Gasteiger partial charge in [-0.25, -0.2) is 8.42 Å². The van der Waals surface area contributed by atoms with E-state index in [2.05, 4.69) is 5.32 Å². The SMILES string of the molecule is CCS(=O)(=O)CCCNCCCCCl. The van der Waals surface area contributed by atoms with Crippen LogP contribution in [0.25, 0.3) is 0 Å². The van der Waals surface area contributed by atoms with Gasteiger partial charge in [0, 0.05) is 11.6 Å². The molecule has 0 spiro atoms.